The summed E-state index contributed by atoms with van der Waals surface area (Å²) in [7, 11) is 0. The first-order valence-electron chi connectivity index (χ1n) is 9.46. The topological polar surface area (TPSA) is 50.5 Å². The molecule has 1 amide bonds. The molecule has 4 rings (SSSR count). The van der Waals surface area contributed by atoms with Gasteiger partial charge in [0.2, 0.25) is 5.76 Å². The van der Waals surface area contributed by atoms with E-state index >= 15 is 0 Å². The summed E-state index contributed by atoms with van der Waals surface area (Å²) >= 11 is 0. The van der Waals surface area contributed by atoms with Crippen LogP contribution in [0.25, 0.3) is 11.0 Å². The molecule has 1 unspecified atom stereocenters. The van der Waals surface area contributed by atoms with Gasteiger partial charge in [-0.2, -0.15) is 0 Å². The molecular weight excluding hydrogens is 338 g/mol. The van der Waals surface area contributed by atoms with E-state index in [9.17, 15) is 9.59 Å². The predicted molar refractivity (Wildman–Crippen MR) is 106 cm³/mol. The monoisotopic (exact) mass is 361 g/mol. The largest absolute Gasteiger partial charge is 0.450 e. The Labute approximate surface area is 158 Å². The van der Waals surface area contributed by atoms with Crippen molar-refractivity contribution in [1.82, 2.24) is 4.90 Å². The zero-order chi connectivity index (χ0) is 19.1. The summed E-state index contributed by atoms with van der Waals surface area (Å²) in [5, 5.41) is 0.544. The highest BCUT2D eigenvalue weighted by Crippen LogP contribution is 2.38. The molecule has 0 saturated carbocycles. The average molecular weight is 361 g/mol. The molecule has 138 valence electrons. The lowest BCUT2D eigenvalue weighted by atomic mass is 9.97. The second-order valence-corrected chi connectivity index (χ2v) is 7.27. The minimum absolute atomic E-state index is 0.101. The summed E-state index contributed by atoms with van der Waals surface area (Å²) in [6.07, 6.45) is 1.86. The summed E-state index contributed by atoms with van der Waals surface area (Å²) in [5.41, 5.74) is 3.88. The number of hydrogen-bond acceptors (Lipinski definition) is 3. The van der Waals surface area contributed by atoms with Gasteiger partial charge in [0.1, 0.15) is 5.58 Å². The van der Waals surface area contributed by atoms with Gasteiger partial charge in [-0.1, -0.05) is 43.7 Å². The Morgan fingerprint density at radius 3 is 2.44 bits per heavy atom. The highest BCUT2D eigenvalue weighted by molar-refractivity contribution is 5.99. The number of amides is 1. The first-order chi connectivity index (χ1) is 13.0. The number of carbonyl (C=O) groups is 1. The number of aryl methyl sites for hydroxylation is 2. The molecule has 1 aliphatic rings. The number of rotatable bonds is 4. The fourth-order valence-electron chi connectivity index (χ4n) is 3.82. The quantitative estimate of drug-likeness (QED) is 0.673. The molecule has 2 aromatic carbocycles. The molecule has 3 aromatic rings. The van der Waals surface area contributed by atoms with Crippen LogP contribution in [0.5, 0.6) is 0 Å². The maximum Gasteiger partial charge on any atom is 0.290 e. The number of carbonyl (C=O) groups excluding carboxylic acids is 1. The van der Waals surface area contributed by atoms with E-state index in [1.165, 1.54) is 0 Å². The second kappa shape index (κ2) is 6.69. The number of hydrogen-bond donors (Lipinski definition) is 0. The molecule has 4 heteroatoms. The van der Waals surface area contributed by atoms with Crippen molar-refractivity contribution in [2.75, 3.05) is 6.54 Å². The van der Waals surface area contributed by atoms with Gasteiger partial charge >= 0.3 is 0 Å². The molecule has 2 heterocycles. The van der Waals surface area contributed by atoms with E-state index in [0.29, 0.717) is 23.1 Å². The highest BCUT2D eigenvalue weighted by Gasteiger charge is 2.42. The van der Waals surface area contributed by atoms with Gasteiger partial charge in [0, 0.05) is 6.54 Å². The molecule has 0 N–H and O–H groups in total. The van der Waals surface area contributed by atoms with E-state index in [0.717, 1.165) is 29.5 Å². The van der Waals surface area contributed by atoms with Crippen LogP contribution in [0, 0.1) is 13.8 Å². The molecule has 27 heavy (non-hydrogen) atoms. The van der Waals surface area contributed by atoms with Crippen molar-refractivity contribution < 1.29 is 9.21 Å². The SMILES string of the molecule is CCCCN1C(=O)c2oc3cc(C)c(C)cc3c(=O)c2C1c1ccccc1. The van der Waals surface area contributed by atoms with Gasteiger partial charge < -0.3 is 9.32 Å². The first-order valence-corrected chi connectivity index (χ1v) is 9.46. The minimum atomic E-state index is -0.387. The van der Waals surface area contributed by atoms with Gasteiger partial charge in [-0.25, -0.2) is 0 Å². The van der Waals surface area contributed by atoms with Gasteiger partial charge in [0.15, 0.2) is 5.43 Å². The molecule has 0 radical (unpaired) electrons. The normalized spacial score (nSPS) is 16.2. The van der Waals surface area contributed by atoms with E-state index in [1.54, 1.807) is 4.90 Å². The highest BCUT2D eigenvalue weighted by atomic mass is 16.3. The molecule has 0 aliphatic carbocycles. The van der Waals surface area contributed by atoms with Crippen molar-refractivity contribution in [2.24, 2.45) is 0 Å². The van der Waals surface area contributed by atoms with Crippen LogP contribution in [0.4, 0.5) is 0 Å². The number of fused-ring (bicyclic) bond motifs is 2. The average Bonchev–Trinajstić information content (AvgIpc) is 2.95. The molecule has 1 atom stereocenters. The molecule has 1 aromatic heterocycles. The lowest BCUT2D eigenvalue weighted by molar-refractivity contribution is 0.0725. The molecular formula is C23H23NO3. The Kier molecular flexibility index (Phi) is 4.34. The van der Waals surface area contributed by atoms with Crippen molar-refractivity contribution in [3.8, 4) is 0 Å². The summed E-state index contributed by atoms with van der Waals surface area (Å²) in [5.74, 6) is 0.00485. The fourth-order valence-corrected chi connectivity index (χ4v) is 3.82. The first kappa shape index (κ1) is 17.5. The predicted octanol–water partition coefficient (Wildman–Crippen LogP) is 4.76. The Morgan fingerprint density at radius 1 is 1.04 bits per heavy atom. The summed E-state index contributed by atoms with van der Waals surface area (Å²) < 4.78 is 6.00. The Hall–Kier alpha value is -2.88. The van der Waals surface area contributed by atoms with Crippen LogP contribution in [-0.2, 0) is 0 Å². The van der Waals surface area contributed by atoms with Crippen molar-refractivity contribution in [3.05, 3.63) is 80.7 Å². The van der Waals surface area contributed by atoms with Crippen molar-refractivity contribution in [1.29, 1.82) is 0 Å². The van der Waals surface area contributed by atoms with Crippen LogP contribution in [0.2, 0.25) is 0 Å². The molecule has 1 aliphatic heterocycles. The van der Waals surface area contributed by atoms with E-state index in [2.05, 4.69) is 6.92 Å². The Morgan fingerprint density at radius 2 is 1.74 bits per heavy atom. The summed E-state index contributed by atoms with van der Waals surface area (Å²) in [6, 6.07) is 13.1. The Bertz CT molecular complexity index is 1080. The molecule has 0 saturated heterocycles. The lowest BCUT2D eigenvalue weighted by Gasteiger charge is -2.24. The van der Waals surface area contributed by atoms with Crippen LogP contribution in [0.15, 0.2) is 51.7 Å². The van der Waals surface area contributed by atoms with E-state index in [1.807, 2.05) is 56.3 Å². The maximum absolute atomic E-state index is 13.4. The van der Waals surface area contributed by atoms with Crippen LogP contribution < -0.4 is 5.43 Å². The van der Waals surface area contributed by atoms with Crippen LogP contribution in [0.1, 0.15) is 58.6 Å². The van der Waals surface area contributed by atoms with E-state index in [4.69, 9.17) is 4.42 Å². The van der Waals surface area contributed by atoms with Crippen molar-refractivity contribution >= 4 is 16.9 Å². The van der Waals surface area contributed by atoms with Gasteiger partial charge in [-0.05, 0) is 49.1 Å². The molecule has 0 spiro atoms. The van der Waals surface area contributed by atoms with Gasteiger partial charge in [-0.15, -0.1) is 0 Å². The lowest BCUT2D eigenvalue weighted by Crippen LogP contribution is -2.30. The van der Waals surface area contributed by atoms with Gasteiger partial charge in [0.05, 0.1) is 17.0 Å². The molecule has 0 bridgehead atoms. The smallest absolute Gasteiger partial charge is 0.290 e. The third kappa shape index (κ3) is 2.76. The third-order valence-corrected chi connectivity index (χ3v) is 5.45. The summed E-state index contributed by atoms with van der Waals surface area (Å²) in [4.78, 5) is 28.3. The number of nitrogens with zero attached hydrogens (tertiary/aromatic N) is 1. The zero-order valence-corrected chi connectivity index (χ0v) is 15.9. The van der Waals surface area contributed by atoms with Crippen molar-refractivity contribution in [2.45, 2.75) is 39.7 Å². The minimum Gasteiger partial charge on any atom is -0.450 e. The van der Waals surface area contributed by atoms with Crippen molar-refractivity contribution in [3.63, 3.8) is 0 Å². The van der Waals surface area contributed by atoms with E-state index in [-0.39, 0.29) is 23.1 Å². The van der Waals surface area contributed by atoms with Crippen LogP contribution in [-0.4, -0.2) is 17.4 Å². The fraction of sp³-hybridized carbons (Fsp3) is 0.304. The third-order valence-electron chi connectivity index (χ3n) is 5.45. The van der Waals surface area contributed by atoms with Gasteiger partial charge in [0.25, 0.3) is 5.91 Å². The van der Waals surface area contributed by atoms with E-state index < -0.39 is 0 Å². The molecule has 0 fully saturated rings. The number of benzene rings is 2. The second-order valence-electron chi connectivity index (χ2n) is 7.27. The van der Waals surface area contributed by atoms with Crippen LogP contribution in [0.3, 0.4) is 0 Å². The van der Waals surface area contributed by atoms with Gasteiger partial charge in [-0.3, -0.25) is 9.59 Å². The zero-order valence-electron chi connectivity index (χ0n) is 15.9. The standard InChI is InChI=1S/C23H23NO3/c1-4-5-11-24-20(16-9-7-6-8-10-16)19-21(25)17-12-14(2)15(3)13-18(17)27-22(19)23(24)26/h6-10,12-13,20H,4-5,11H2,1-3H3. The number of unbranched alkanes of at least 4 members (excludes halogenated alkanes) is 1. The Balaban J connectivity index is 1.99. The summed E-state index contributed by atoms with van der Waals surface area (Å²) in [6.45, 7) is 6.65. The van der Waals surface area contributed by atoms with Crippen LogP contribution >= 0.6 is 0 Å². The maximum atomic E-state index is 13.4. The molecule has 4 nitrogen and oxygen atoms in total.